The van der Waals surface area contributed by atoms with Crippen molar-refractivity contribution in [3.8, 4) is 0 Å². The van der Waals surface area contributed by atoms with Crippen LogP contribution in [0.5, 0.6) is 0 Å². The van der Waals surface area contributed by atoms with Crippen molar-refractivity contribution in [2.45, 2.75) is 50.7 Å². The van der Waals surface area contributed by atoms with Gasteiger partial charge in [0.15, 0.2) is 0 Å². The molecule has 3 heterocycles. The Morgan fingerprint density at radius 1 is 1.16 bits per heavy atom. The third-order valence-electron chi connectivity index (χ3n) is 7.65. The number of aromatic amines is 1. The number of likely N-dealkylation sites (tertiary alicyclic amines) is 1. The summed E-state index contributed by atoms with van der Waals surface area (Å²) in [6.45, 7) is 8.13. The van der Waals surface area contributed by atoms with E-state index in [0.717, 1.165) is 47.4 Å². The third kappa shape index (κ3) is 4.97. The van der Waals surface area contributed by atoms with E-state index in [-0.39, 0.29) is 30.9 Å². The Balaban J connectivity index is 1.49. The zero-order valence-electron chi connectivity index (χ0n) is 21.2. The molecule has 198 valence electrons. The van der Waals surface area contributed by atoms with Crippen LogP contribution in [0.4, 0.5) is 18.9 Å². The first kappa shape index (κ1) is 25.7. The molecule has 2 aliphatic rings. The molecule has 8 heteroatoms. The normalized spacial score (nSPS) is 20.2. The number of benzene rings is 2. The second-order valence-electron chi connectivity index (χ2n) is 10.3. The Kier molecular flexibility index (Phi) is 7.49. The van der Waals surface area contributed by atoms with E-state index in [1.807, 2.05) is 29.2 Å². The first-order chi connectivity index (χ1) is 17.9. The highest BCUT2D eigenvalue weighted by molar-refractivity contribution is 5.85. The van der Waals surface area contributed by atoms with Crippen LogP contribution in [0.25, 0.3) is 10.9 Å². The minimum Gasteiger partial charge on any atom is -0.396 e. The number of hydrogen-bond donors (Lipinski definition) is 3. The number of aliphatic hydroxyl groups is 1. The van der Waals surface area contributed by atoms with Crippen LogP contribution in [0.2, 0.25) is 0 Å². The molecule has 37 heavy (non-hydrogen) atoms. The van der Waals surface area contributed by atoms with E-state index in [4.69, 9.17) is 0 Å². The summed E-state index contributed by atoms with van der Waals surface area (Å²) in [6, 6.07) is 10.0. The summed E-state index contributed by atoms with van der Waals surface area (Å²) in [4.78, 5) is 7.58. The highest BCUT2D eigenvalue weighted by Gasteiger charge is 2.39. The molecule has 1 saturated heterocycles. The minimum absolute atomic E-state index is 0.00626. The van der Waals surface area contributed by atoms with Gasteiger partial charge in [-0.05, 0) is 56.4 Å². The van der Waals surface area contributed by atoms with Gasteiger partial charge in [-0.25, -0.2) is 8.78 Å². The van der Waals surface area contributed by atoms with Crippen LogP contribution in [-0.4, -0.2) is 64.9 Å². The maximum absolute atomic E-state index is 15.8. The van der Waals surface area contributed by atoms with Crippen LogP contribution in [0.3, 0.4) is 0 Å². The highest BCUT2D eigenvalue weighted by atomic mass is 19.1. The first-order valence-corrected chi connectivity index (χ1v) is 13.1. The topological polar surface area (TPSA) is 54.5 Å². The summed E-state index contributed by atoms with van der Waals surface area (Å²) < 4.78 is 44.1. The van der Waals surface area contributed by atoms with Crippen LogP contribution in [0.15, 0.2) is 48.7 Å². The van der Waals surface area contributed by atoms with Crippen molar-refractivity contribution in [1.82, 2.24) is 14.8 Å². The smallest absolute Gasteiger partial charge is 0.133 e. The number of nitrogens with zero attached hydrogens (tertiary/aromatic N) is 2. The van der Waals surface area contributed by atoms with Crippen LogP contribution in [0.1, 0.15) is 49.0 Å². The van der Waals surface area contributed by atoms with Gasteiger partial charge < -0.3 is 20.3 Å². The van der Waals surface area contributed by atoms with Gasteiger partial charge in [-0.2, -0.15) is 0 Å². The lowest BCUT2D eigenvalue weighted by molar-refractivity contribution is 0.155. The van der Waals surface area contributed by atoms with Gasteiger partial charge in [0, 0.05) is 60.3 Å². The quantitative estimate of drug-likeness (QED) is 0.335. The Hall–Kier alpha value is -2.97. The second-order valence-corrected chi connectivity index (χ2v) is 10.3. The summed E-state index contributed by atoms with van der Waals surface area (Å²) >= 11 is 0. The molecule has 2 aliphatic heterocycles. The van der Waals surface area contributed by atoms with E-state index < -0.39 is 17.7 Å². The lowest BCUT2D eigenvalue weighted by Gasteiger charge is -2.44. The molecule has 5 nitrogen and oxygen atoms in total. The number of rotatable bonds is 10. The summed E-state index contributed by atoms with van der Waals surface area (Å²) in [6.07, 6.45) is 2.29. The number of H-pyrrole nitrogens is 1. The molecule has 1 fully saturated rings. The van der Waals surface area contributed by atoms with E-state index >= 15 is 8.78 Å². The van der Waals surface area contributed by atoms with Crippen LogP contribution in [0, 0.1) is 11.6 Å². The number of nitrogens with one attached hydrogen (secondary N) is 2. The minimum atomic E-state index is -0.703. The zero-order chi connectivity index (χ0) is 26.1. The molecule has 0 amide bonds. The summed E-state index contributed by atoms with van der Waals surface area (Å²) in [7, 11) is 0. The van der Waals surface area contributed by atoms with Gasteiger partial charge in [-0.1, -0.05) is 24.8 Å². The van der Waals surface area contributed by atoms with Crippen molar-refractivity contribution in [3.63, 3.8) is 0 Å². The predicted molar refractivity (Wildman–Crippen MR) is 141 cm³/mol. The SMILES string of the molecule is C=C(CCCO)N1[C@H](c2c(F)cc(NC3CN(CCCF)C3)cc2F)c2[nH]c3ccccc3c2C[C@H]1C. The van der Waals surface area contributed by atoms with Crippen molar-refractivity contribution >= 4 is 16.6 Å². The molecule has 0 saturated carbocycles. The van der Waals surface area contributed by atoms with Crippen LogP contribution >= 0.6 is 0 Å². The van der Waals surface area contributed by atoms with Gasteiger partial charge in [-0.3, -0.25) is 9.29 Å². The van der Waals surface area contributed by atoms with E-state index in [1.54, 1.807) is 0 Å². The first-order valence-electron chi connectivity index (χ1n) is 13.1. The molecule has 2 aromatic carbocycles. The highest BCUT2D eigenvalue weighted by Crippen LogP contribution is 2.45. The van der Waals surface area contributed by atoms with Gasteiger partial charge in [0.2, 0.25) is 0 Å². The van der Waals surface area contributed by atoms with E-state index in [2.05, 4.69) is 28.7 Å². The van der Waals surface area contributed by atoms with Gasteiger partial charge in [0.1, 0.15) is 17.7 Å². The van der Waals surface area contributed by atoms with Gasteiger partial charge in [-0.15, -0.1) is 0 Å². The molecule has 0 radical (unpaired) electrons. The number of anilines is 1. The number of allylic oxidation sites excluding steroid dienone is 1. The van der Waals surface area contributed by atoms with Crippen molar-refractivity contribution < 1.29 is 18.3 Å². The molecular formula is C29H35F3N4O. The summed E-state index contributed by atoms with van der Waals surface area (Å²) in [5.74, 6) is -1.22. The zero-order valence-corrected chi connectivity index (χ0v) is 21.2. The number of fused-ring (bicyclic) bond motifs is 3. The molecule has 3 N–H and O–H groups in total. The molecule has 2 atom stereocenters. The van der Waals surface area contributed by atoms with Crippen LogP contribution < -0.4 is 5.32 Å². The average molecular weight is 513 g/mol. The molecule has 3 aromatic rings. The van der Waals surface area contributed by atoms with E-state index in [9.17, 15) is 9.50 Å². The number of alkyl halides is 1. The predicted octanol–water partition coefficient (Wildman–Crippen LogP) is 5.52. The summed E-state index contributed by atoms with van der Waals surface area (Å²) in [5, 5.41) is 13.7. The third-order valence-corrected chi connectivity index (χ3v) is 7.65. The fourth-order valence-corrected chi connectivity index (χ4v) is 5.94. The van der Waals surface area contributed by atoms with Crippen molar-refractivity contribution in [2.75, 3.05) is 38.2 Å². The molecule has 1 aromatic heterocycles. The number of aliphatic hydroxyl groups excluding tert-OH is 1. The van der Waals surface area contributed by atoms with Crippen LogP contribution in [-0.2, 0) is 6.42 Å². The lowest BCUT2D eigenvalue weighted by Crippen LogP contribution is -2.54. The fraction of sp³-hybridized carbons (Fsp3) is 0.448. The molecule has 5 rings (SSSR count). The molecule has 0 unspecified atom stereocenters. The average Bonchev–Trinajstić information content (AvgIpc) is 3.21. The van der Waals surface area contributed by atoms with Crippen molar-refractivity contribution in [2.24, 2.45) is 0 Å². The Morgan fingerprint density at radius 3 is 2.59 bits per heavy atom. The monoisotopic (exact) mass is 512 g/mol. The van der Waals surface area contributed by atoms with Gasteiger partial charge in [0.25, 0.3) is 0 Å². The Morgan fingerprint density at radius 2 is 1.89 bits per heavy atom. The molecule has 0 aliphatic carbocycles. The molecular weight excluding hydrogens is 477 g/mol. The van der Waals surface area contributed by atoms with Crippen molar-refractivity contribution in [1.29, 1.82) is 0 Å². The fourth-order valence-electron chi connectivity index (χ4n) is 5.94. The second kappa shape index (κ2) is 10.8. The number of halogens is 3. The Labute approximate surface area is 216 Å². The maximum Gasteiger partial charge on any atom is 0.133 e. The standard InChI is InChI=1S/C29H35F3N4O/c1-18(7-5-12-37)36-19(2)13-23-22-8-3-4-9-26(22)34-28(23)29(36)27-24(31)14-20(15-25(27)32)33-21-16-35(17-21)11-6-10-30/h3-4,8-9,14-15,19,21,29,33-34,37H,1,5-7,10-13,16-17H2,2H3/t19-,29-/m1/s1. The summed E-state index contributed by atoms with van der Waals surface area (Å²) in [5.41, 5.74) is 3.94. The molecule has 0 spiro atoms. The largest absolute Gasteiger partial charge is 0.396 e. The molecule has 0 bridgehead atoms. The number of para-hydroxylation sites is 1. The van der Waals surface area contributed by atoms with Gasteiger partial charge in [0.05, 0.1) is 18.3 Å². The van der Waals surface area contributed by atoms with Crippen molar-refractivity contribution in [3.05, 3.63) is 77.1 Å². The maximum atomic E-state index is 15.8. The number of aromatic nitrogens is 1. The lowest BCUT2D eigenvalue weighted by atomic mass is 9.87. The Bertz CT molecular complexity index is 1250. The number of hydrogen-bond acceptors (Lipinski definition) is 4. The van der Waals surface area contributed by atoms with E-state index in [0.29, 0.717) is 31.5 Å². The van der Waals surface area contributed by atoms with E-state index in [1.165, 1.54) is 12.1 Å². The van der Waals surface area contributed by atoms with Gasteiger partial charge >= 0.3 is 0 Å².